The Hall–Kier alpha value is -1.50. The van der Waals surface area contributed by atoms with Gasteiger partial charge in [-0.05, 0) is 24.3 Å². The first-order valence-electron chi connectivity index (χ1n) is 5.96. The summed E-state index contributed by atoms with van der Waals surface area (Å²) in [6, 6.07) is 4.47. The number of carbonyl (C=O) groups is 1. The fourth-order valence-corrected chi connectivity index (χ4v) is 2.46. The van der Waals surface area contributed by atoms with Crippen molar-refractivity contribution in [2.24, 2.45) is 0 Å². The van der Waals surface area contributed by atoms with Gasteiger partial charge >= 0.3 is 12.1 Å². The van der Waals surface area contributed by atoms with E-state index in [0.29, 0.717) is 0 Å². The molecule has 9 heteroatoms. The summed E-state index contributed by atoms with van der Waals surface area (Å²) in [7, 11) is 1.03. The highest BCUT2D eigenvalue weighted by Gasteiger charge is 2.34. The Morgan fingerprint density at radius 2 is 1.65 bits per heavy atom. The second-order valence-corrected chi connectivity index (χ2v) is 5.55. The molecule has 0 radical (unpaired) electrons. The molecule has 0 fully saturated rings. The van der Waals surface area contributed by atoms with E-state index >= 15 is 0 Å². The van der Waals surface area contributed by atoms with Crippen LogP contribution >= 0.6 is 34.8 Å². The molecule has 1 aromatic heterocycles. The number of rotatable bonds is 2. The van der Waals surface area contributed by atoms with E-state index in [1.54, 1.807) is 0 Å². The van der Waals surface area contributed by atoms with Gasteiger partial charge in [-0.2, -0.15) is 13.2 Å². The SMILES string of the molecule is COC(=O)c1nc(C(F)(F)F)ccc1-c1cc(Cl)c(Cl)cc1Cl. The summed E-state index contributed by atoms with van der Waals surface area (Å²) >= 11 is 17.8. The van der Waals surface area contributed by atoms with Gasteiger partial charge in [0.15, 0.2) is 5.69 Å². The van der Waals surface area contributed by atoms with Crippen LogP contribution in [0.4, 0.5) is 13.2 Å². The van der Waals surface area contributed by atoms with Crippen molar-refractivity contribution in [2.45, 2.75) is 6.18 Å². The fraction of sp³-hybridized carbons (Fsp3) is 0.143. The molecule has 0 bridgehead atoms. The van der Waals surface area contributed by atoms with Gasteiger partial charge in [-0.1, -0.05) is 34.8 Å². The van der Waals surface area contributed by atoms with Gasteiger partial charge in [-0.3, -0.25) is 0 Å². The largest absolute Gasteiger partial charge is 0.464 e. The lowest BCUT2D eigenvalue weighted by Gasteiger charge is -2.13. The smallest absolute Gasteiger partial charge is 0.433 e. The molecule has 1 aromatic carbocycles. The summed E-state index contributed by atoms with van der Waals surface area (Å²) in [5.41, 5.74) is -1.49. The standard InChI is InChI=1S/C14H7Cl3F3NO2/c1-23-13(22)12-6(2-3-11(21-12)14(18,19)20)7-4-9(16)10(17)5-8(7)15/h2-5H,1H3. The van der Waals surface area contributed by atoms with Crippen LogP contribution in [0.5, 0.6) is 0 Å². The van der Waals surface area contributed by atoms with E-state index in [1.165, 1.54) is 12.1 Å². The number of pyridine rings is 1. The summed E-state index contributed by atoms with van der Waals surface area (Å²) in [5, 5.41) is 0.396. The van der Waals surface area contributed by atoms with Crippen LogP contribution in [-0.2, 0) is 10.9 Å². The number of hydrogen-bond donors (Lipinski definition) is 0. The number of alkyl halides is 3. The quantitative estimate of drug-likeness (QED) is 0.506. The maximum atomic E-state index is 12.8. The van der Waals surface area contributed by atoms with E-state index in [0.717, 1.165) is 19.2 Å². The van der Waals surface area contributed by atoms with Crippen LogP contribution in [0.1, 0.15) is 16.2 Å². The van der Waals surface area contributed by atoms with Crippen LogP contribution in [0.2, 0.25) is 15.1 Å². The minimum atomic E-state index is -4.71. The number of carbonyl (C=O) groups excluding carboxylic acids is 1. The number of methoxy groups -OCH3 is 1. The first-order chi connectivity index (χ1) is 10.6. The van der Waals surface area contributed by atoms with Crippen molar-refractivity contribution < 1.29 is 22.7 Å². The molecule has 0 aliphatic carbocycles. The van der Waals surface area contributed by atoms with Crippen LogP contribution in [0.3, 0.4) is 0 Å². The molecule has 2 aromatic rings. The molecule has 0 saturated carbocycles. The maximum absolute atomic E-state index is 12.8. The lowest BCUT2D eigenvalue weighted by atomic mass is 10.0. The average Bonchev–Trinajstić information content (AvgIpc) is 2.48. The van der Waals surface area contributed by atoms with Crippen molar-refractivity contribution in [3.63, 3.8) is 0 Å². The van der Waals surface area contributed by atoms with Gasteiger partial charge in [-0.15, -0.1) is 0 Å². The topological polar surface area (TPSA) is 39.2 Å². The Labute approximate surface area is 143 Å². The van der Waals surface area contributed by atoms with Crippen molar-refractivity contribution >= 4 is 40.8 Å². The molecule has 0 atom stereocenters. The molecule has 23 heavy (non-hydrogen) atoms. The Balaban J connectivity index is 2.72. The second-order valence-electron chi connectivity index (χ2n) is 4.33. The van der Waals surface area contributed by atoms with Gasteiger partial charge in [0.1, 0.15) is 5.69 Å². The number of esters is 1. The Morgan fingerprint density at radius 3 is 2.22 bits per heavy atom. The van der Waals surface area contributed by atoms with E-state index < -0.39 is 23.5 Å². The molecule has 0 aliphatic heterocycles. The second kappa shape index (κ2) is 6.55. The zero-order valence-corrected chi connectivity index (χ0v) is 13.6. The lowest BCUT2D eigenvalue weighted by molar-refractivity contribution is -0.141. The van der Waals surface area contributed by atoms with Crippen molar-refractivity contribution in [1.29, 1.82) is 0 Å². The number of hydrogen-bond acceptors (Lipinski definition) is 3. The van der Waals surface area contributed by atoms with Gasteiger partial charge in [0.2, 0.25) is 0 Å². The Bertz CT molecular complexity index is 779. The molecule has 2 rings (SSSR count). The summed E-state index contributed by atoms with van der Waals surface area (Å²) < 4.78 is 42.8. The Morgan fingerprint density at radius 1 is 1.04 bits per heavy atom. The molecule has 1 heterocycles. The van der Waals surface area contributed by atoms with Crippen LogP contribution in [0.25, 0.3) is 11.1 Å². The van der Waals surface area contributed by atoms with Gasteiger partial charge in [0, 0.05) is 11.1 Å². The monoisotopic (exact) mass is 383 g/mol. The minimum Gasteiger partial charge on any atom is -0.464 e. The predicted octanol–water partition coefficient (Wildman–Crippen LogP) is 5.51. The molecule has 122 valence electrons. The molecule has 0 N–H and O–H groups in total. The van der Waals surface area contributed by atoms with E-state index in [-0.39, 0.29) is 26.2 Å². The van der Waals surface area contributed by atoms with E-state index in [2.05, 4.69) is 9.72 Å². The third-order valence-corrected chi connectivity index (χ3v) is 3.90. The summed E-state index contributed by atoms with van der Waals surface area (Å²) in [4.78, 5) is 15.1. The van der Waals surface area contributed by atoms with Crippen LogP contribution < -0.4 is 0 Å². The molecule has 0 unspecified atom stereocenters. The van der Waals surface area contributed by atoms with Crippen molar-refractivity contribution in [3.8, 4) is 11.1 Å². The van der Waals surface area contributed by atoms with Crippen LogP contribution in [0, 0.1) is 0 Å². The molecule has 3 nitrogen and oxygen atoms in total. The van der Waals surface area contributed by atoms with Gasteiger partial charge < -0.3 is 4.74 Å². The van der Waals surface area contributed by atoms with Crippen molar-refractivity contribution in [2.75, 3.05) is 7.11 Å². The first-order valence-corrected chi connectivity index (χ1v) is 7.10. The summed E-state index contributed by atoms with van der Waals surface area (Å²) in [5.74, 6) is -1.03. The number of aromatic nitrogens is 1. The third-order valence-electron chi connectivity index (χ3n) is 2.86. The van der Waals surface area contributed by atoms with E-state index in [4.69, 9.17) is 34.8 Å². The lowest BCUT2D eigenvalue weighted by Crippen LogP contribution is -2.14. The Kier molecular flexibility index (Phi) is 5.08. The number of ether oxygens (including phenoxy) is 1. The minimum absolute atomic E-state index is 0.0495. The number of nitrogens with zero attached hydrogens (tertiary/aromatic N) is 1. The third kappa shape index (κ3) is 3.71. The molecule has 0 spiro atoms. The fourth-order valence-electron chi connectivity index (χ4n) is 1.82. The number of halogens is 6. The average molecular weight is 385 g/mol. The predicted molar refractivity (Wildman–Crippen MR) is 81.0 cm³/mol. The van der Waals surface area contributed by atoms with E-state index in [9.17, 15) is 18.0 Å². The van der Waals surface area contributed by atoms with Gasteiger partial charge in [0.05, 0.1) is 22.2 Å². The zero-order chi connectivity index (χ0) is 17.4. The highest BCUT2D eigenvalue weighted by molar-refractivity contribution is 6.44. The van der Waals surface area contributed by atoms with E-state index in [1.807, 2.05) is 0 Å². The normalized spacial score (nSPS) is 11.4. The molecule has 0 aliphatic rings. The van der Waals surface area contributed by atoms with Crippen LogP contribution in [0.15, 0.2) is 24.3 Å². The molecule has 0 amide bonds. The van der Waals surface area contributed by atoms with Gasteiger partial charge in [0.25, 0.3) is 0 Å². The number of benzene rings is 1. The highest BCUT2D eigenvalue weighted by atomic mass is 35.5. The van der Waals surface area contributed by atoms with Gasteiger partial charge in [-0.25, -0.2) is 9.78 Å². The van der Waals surface area contributed by atoms with Crippen molar-refractivity contribution in [1.82, 2.24) is 4.98 Å². The zero-order valence-electron chi connectivity index (χ0n) is 11.3. The molecular weight excluding hydrogens is 378 g/mol. The first kappa shape index (κ1) is 17.8. The van der Waals surface area contributed by atoms with Crippen LogP contribution in [-0.4, -0.2) is 18.1 Å². The maximum Gasteiger partial charge on any atom is 0.433 e. The molecular formula is C14H7Cl3F3NO2. The molecule has 0 saturated heterocycles. The summed E-state index contributed by atoms with van der Waals surface area (Å²) in [6.07, 6.45) is -4.71. The summed E-state index contributed by atoms with van der Waals surface area (Å²) in [6.45, 7) is 0. The van der Waals surface area contributed by atoms with Crippen molar-refractivity contribution in [3.05, 3.63) is 50.7 Å². The highest BCUT2D eigenvalue weighted by Crippen LogP contribution is 2.38.